The molecule has 0 spiro atoms. The zero-order chi connectivity index (χ0) is 8.27. The summed E-state index contributed by atoms with van der Waals surface area (Å²) < 4.78 is 4.54. The molecule has 0 aliphatic carbocycles. The van der Waals surface area contributed by atoms with Crippen LogP contribution in [-0.2, 0) is 9.53 Å². The molecular formula is C7H14NO3+. The lowest BCUT2D eigenvalue weighted by molar-refractivity contribution is -0.670. The van der Waals surface area contributed by atoms with Crippen molar-refractivity contribution in [1.82, 2.24) is 0 Å². The van der Waals surface area contributed by atoms with Gasteiger partial charge in [-0.05, 0) is 0 Å². The van der Waals surface area contributed by atoms with Crippen molar-refractivity contribution >= 4 is 5.97 Å². The molecule has 0 aromatic rings. The van der Waals surface area contributed by atoms with Crippen LogP contribution in [0.3, 0.4) is 0 Å². The van der Waals surface area contributed by atoms with E-state index >= 15 is 0 Å². The first kappa shape index (κ1) is 8.49. The Labute approximate surface area is 65.5 Å². The number of aliphatic hydroxyl groups is 1. The fourth-order valence-corrected chi connectivity index (χ4v) is 1.35. The van der Waals surface area contributed by atoms with E-state index in [2.05, 4.69) is 4.74 Å². The van der Waals surface area contributed by atoms with Crippen molar-refractivity contribution in [1.29, 1.82) is 0 Å². The van der Waals surface area contributed by atoms with E-state index in [4.69, 9.17) is 0 Å². The molecule has 1 heterocycles. The Morgan fingerprint density at radius 1 is 1.73 bits per heavy atom. The van der Waals surface area contributed by atoms with E-state index in [9.17, 15) is 9.90 Å². The second-order valence-corrected chi connectivity index (χ2v) is 2.80. The van der Waals surface area contributed by atoms with Crippen LogP contribution in [0.4, 0.5) is 0 Å². The molecule has 3 N–H and O–H groups in total. The summed E-state index contributed by atoms with van der Waals surface area (Å²) >= 11 is 0. The summed E-state index contributed by atoms with van der Waals surface area (Å²) in [7, 11) is 1.35. The van der Waals surface area contributed by atoms with E-state index in [-0.39, 0.29) is 11.9 Å². The minimum atomic E-state index is -0.507. The second kappa shape index (κ2) is 3.69. The van der Waals surface area contributed by atoms with Crippen molar-refractivity contribution in [3.05, 3.63) is 0 Å². The summed E-state index contributed by atoms with van der Waals surface area (Å²) in [5.74, 6) is -0.623. The highest BCUT2D eigenvalue weighted by Crippen LogP contribution is 2.08. The van der Waals surface area contributed by atoms with E-state index in [1.54, 1.807) is 0 Å². The van der Waals surface area contributed by atoms with Gasteiger partial charge in [-0.1, -0.05) is 0 Å². The number of hydrogen-bond donors (Lipinski definition) is 2. The van der Waals surface area contributed by atoms with Crippen LogP contribution in [0.25, 0.3) is 0 Å². The van der Waals surface area contributed by atoms with Gasteiger partial charge >= 0.3 is 5.97 Å². The minimum absolute atomic E-state index is 0.298. The number of quaternary nitrogens is 1. The number of carbonyl (C=O) groups excluding carboxylic acids is 1. The second-order valence-electron chi connectivity index (χ2n) is 2.80. The fourth-order valence-electron chi connectivity index (χ4n) is 1.35. The van der Waals surface area contributed by atoms with Crippen LogP contribution in [-0.4, -0.2) is 37.4 Å². The average Bonchev–Trinajstić information content (AvgIpc) is 2.04. The van der Waals surface area contributed by atoms with E-state index in [1.807, 2.05) is 5.32 Å². The van der Waals surface area contributed by atoms with Crippen LogP contribution >= 0.6 is 0 Å². The molecule has 0 unspecified atom stereocenters. The highest BCUT2D eigenvalue weighted by atomic mass is 16.5. The van der Waals surface area contributed by atoms with E-state index in [1.165, 1.54) is 7.11 Å². The molecule has 1 aliphatic rings. The topological polar surface area (TPSA) is 63.1 Å². The van der Waals surface area contributed by atoms with Gasteiger partial charge < -0.3 is 15.2 Å². The van der Waals surface area contributed by atoms with Crippen molar-refractivity contribution in [2.75, 3.05) is 20.2 Å². The van der Waals surface area contributed by atoms with Gasteiger partial charge in [-0.25, -0.2) is 0 Å². The Kier molecular flexibility index (Phi) is 2.84. The normalized spacial score (nSPS) is 31.5. The maximum absolute atomic E-state index is 11.0. The summed E-state index contributed by atoms with van der Waals surface area (Å²) in [5.41, 5.74) is 0. The first-order valence-electron chi connectivity index (χ1n) is 3.83. The van der Waals surface area contributed by atoms with Gasteiger partial charge in [0.1, 0.15) is 5.92 Å². The van der Waals surface area contributed by atoms with Crippen molar-refractivity contribution in [2.45, 2.75) is 12.5 Å². The molecule has 4 heteroatoms. The van der Waals surface area contributed by atoms with Crippen LogP contribution in [0.15, 0.2) is 0 Å². The summed E-state index contributed by atoms with van der Waals surface area (Å²) in [6, 6.07) is 0. The Morgan fingerprint density at radius 2 is 2.45 bits per heavy atom. The minimum Gasteiger partial charge on any atom is -0.469 e. The van der Waals surface area contributed by atoms with Crippen molar-refractivity contribution < 1.29 is 20.0 Å². The molecule has 0 saturated carbocycles. The quantitative estimate of drug-likeness (QED) is 0.441. The molecule has 0 bridgehead atoms. The highest BCUT2D eigenvalue weighted by molar-refractivity contribution is 5.73. The third-order valence-corrected chi connectivity index (χ3v) is 2.06. The molecule has 4 nitrogen and oxygen atoms in total. The largest absolute Gasteiger partial charge is 0.469 e. The summed E-state index contributed by atoms with van der Waals surface area (Å²) in [4.78, 5) is 11.0. The zero-order valence-corrected chi connectivity index (χ0v) is 6.62. The average molecular weight is 160 g/mol. The Balaban J connectivity index is 2.47. The maximum Gasteiger partial charge on any atom is 0.317 e. The van der Waals surface area contributed by atoms with Crippen molar-refractivity contribution in [2.24, 2.45) is 5.92 Å². The maximum atomic E-state index is 11.0. The van der Waals surface area contributed by atoms with Gasteiger partial charge in [0, 0.05) is 6.42 Å². The molecule has 0 aromatic carbocycles. The first-order chi connectivity index (χ1) is 5.25. The van der Waals surface area contributed by atoms with E-state index in [0.29, 0.717) is 13.0 Å². The number of ether oxygens (including phenoxy) is 1. The zero-order valence-electron chi connectivity index (χ0n) is 6.62. The van der Waals surface area contributed by atoms with Crippen LogP contribution in [0.2, 0.25) is 0 Å². The standard InChI is InChI=1S/C7H13NO3/c1-11-7(10)5-4-8-3-2-6(5)9/h5-6,8-9H,2-4H2,1H3/p+1/t5-,6-/m0/s1. The number of rotatable bonds is 1. The number of hydrogen-bond acceptors (Lipinski definition) is 3. The molecule has 11 heavy (non-hydrogen) atoms. The van der Waals surface area contributed by atoms with Gasteiger partial charge in [0.05, 0.1) is 26.3 Å². The van der Waals surface area contributed by atoms with Gasteiger partial charge in [-0.2, -0.15) is 0 Å². The van der Waals surface area contributed by atoms with Gasteiger partial charge in [-0.3, -0.25) is 4.79 Å². The predicted molar refractivity (Wildman–Crippen MR) is 37.8 cm³/mol. The molecule has 1 rings (SSSR count). The van der Waals surface area contributed by atoms with Crippen molar-refractivity contribution in [3.63, 3.8) is 0 Å². The first-order valence-corrected chi connectivity index (χ1v) is 3.83. The Hall–Kier alpha value is -0.610. The number of methoxy groups -OCH3 is 1. The molecule has 64 valence electrons. The predicted octanol–water partition coefficient (Wildman–Crippen LogP) is -1.90. The molecule has 1 saturated heterocycles. The van der Waals surface area contributed by atoms with Gasteiger partial charge in [0.25, 0.3) is 0 Å². The summed E-state index contributed by atoms with van der Waals surface area (Å²) in [6.07, 6.45) is 0.173. The summed E-state index contributed by atoms with van der Waals surface area (Å²) in [5, 5.41) is 11.4. The van der Waals surface area contributed by atoms with Gasteiger partial charge in [-0.15, -0.1) is 0 Å². The third kappa shape index (κ3) is 1.91. The van der Waals surface area contributed by atoms with Crippen LogP contribution in [0.5, 0.6) is 0 Å². The molecule has 0 aromatic heterocycles. The number of piperidine rings is 1. The van der Waals surface area contributed by atoms with Gasteiger partial charge in [0.15, 0.2) is 0 Å². The highest BCUT2D eigenvalue weighted by Gasteiger charge is 2.32. The van der Waals surface area contributed by atoms with Crippen LogP contribution in [0, 0.1) is 5.92 Å². The molecule has 1 fully saturated rings. The number of esters is 1. The molecular weight excluding hydrogens is 146 g/mol. The molecule has 0 radical (unpaired) electrons. The lowest BCUT2D eigenvalue weighted by Gasteiger charge is -2.23. The molecule has 0 amide bonds. The van der Waals surface area contributed by atoms with Crippen LogP contribution < -0.4 is 5.32 Å². The van der Waals surface area contributed by atoms with Crippen LogP contribution in [0.1, 0.15) is 6.42 Å². The molecule has 2 atom stereocenters. The van der Waals surface area contributed by atoms with E-state index < -0.39 is 6.10 Å². The SMILES string of the molecule is COC(=O)[C@H]1C[NH2+]CC[C@@H]1O. The lowest BCUT2D eigenvalue weighted by Crippen LogP contribution is -2.89. The third-order valence-electron chi connectivity index (χ3n) is 2.06. The molecule has 1 aliphatic heterocycles. The Bertz CT molecular complexity index is 149. The number of aliphatic hydroxyl groups excluding tert-OH is 1. The number of nitrogens with two attached hydrogens (primary N) is 1. The fraction of sp³-hybridized carbons (Fsp3) is 0.857. The summed E-state index contributed by atoms with van der Waals surface area (Å²) in [6.45, 7) is 1.54. The smallest absolute Gasteiger partial charge is 0.317 e. The monoisotopic (exact) mass is 160 g/mol. The Morgan fingerprint density at radius 3 is 3.00 bits per heavy atom. The lowest BCUT2D eigenvalue weighted by atomic mass is 9.96. The van der Waals surface area contributed by atoms with Gasteiger partial charge in [0.2, 0.25) is 0 Å². The number of carbonyl (C=O) groups is 1. The van der Waals surface area contributed by atoms with E-state index in [0.717, 1.165) is 6.54 Å². The van der Waals surface area contributed by atoms with Crippen molar-refractivity contribution in [3.8, 4) is 0 Å².